The molecule has 6 nitrogen and oxygen atoms in total. The molecule has 2 unspecified atom stereocenters. The molecule has 0 bridgehead atoms. The van der Waals surface area contributed by atoms with Gasteiger partial charge < -0.3 is 14.6 Å². The maximum Gasteiger partial charge on any atom is 0.411 e. The third-order valence-corrected chi connectivity index (χ3v) is 6.34. The predicted molar refractivity (Wildman–Crippen MR) is 131 cm³/mol. The zero-order valence-corrected chi connectivity index (χ0v) is 21.2. The van der Waals surface area contributed by atoms with Crippen LogP contribution in [-0.4, -0.2) is 45.9 Å². The summed E-state index contributed by atoms with van der Waals surface area (Å²) in [5.41, 5.74) is -0.693. The summed E-state index contributed by atoms with van der Waals surface area (Å²) in [5.74, 6) is -0.260. The van der Waals surface area contributed by atoms with Crippen molar-refractivity contribution in [2.45, 2.75) is 116 Å². The lowest BCUT2D eigenvalue weighted by Crippen LogP contribution is -2.57. The van der Waals surface area contributed by atoms with E-state index < -0.39 is 23.2 Å². The molecular weight excluding hydrogens is 418 g/mol. The first-order chi connectivity index (χ1) is 15.6. The molecular formula is C27H43NO5. The minimum absolute atomic E-state index is 0.245. The van der Waals surface area contributed by atoms with Crippen LogP contribution in [0.3, 0.4) is 0 Å². The largest absolute Gasteiger partial charge is 0.490 e. The standard InChI is InChI=1S/C27H43NO5/c1-6-8-9-10-11-12-13-21-14-16-22(17-15-21)32-23-18-19-27(20-23,24(29)30)28(7-2)25(31)33-26(3,4)5/h14-17,23H,6-13,18-20H2,1-5H3,(H,29,30). The topological polar surface area (TPSA) is 76.1 Å². The maximum atomic E-state index is 12.7. The van der Waals surface area contributed by atoms with E-state index in [0.29, 0.717) is 12.8 Å². The van der Waals surface area contributed by atoms with Crippen molar-refractivity contribution in [3.05, 3.63) is 29.8 Å². The van der Waals surface area contributed by atoms with Gasteiger partial charge in [-0.25, -0.2) is 9.59 Å². The summed E-state index contributed by atoms with van der Waals surface area (Å²) in [6.45, 7) is 9.62. The molecule has 1 N–H and O–H groups in total. The summed E-state index contributed by atoms with van der Waals surface area (Å²) < 4.78 is 11.6. The van der Waals surface area contributed by atoms with E-state index in [0.717, 1.165) is 12.2 Å². The van der Waals surface area contributed by atoms with Crippen LogP contribution in [0.1, 0.15) is 98.0 Å². The van der Waals surface area contributed by atoms with Crippen molar-refractivity contribution < 1.29 is 24.2 Å². The van der Waals surface area contributed by atoms with Crippen molar-refractivity contribution in [2.24, 2.45) is 0 Å². The van der Waals surface area contributed by atoms with Gasteiger partial charge in [0.1, 0.15) is 23.0 Å². The van der Waals surface area contributed by atoms with E-state index in [1.165, 1.54) is 49.0 Å². The lowest BCUT2D eigenvalue weighted by atomic mass is 9.95. The van der Waals surface area contributed by atoms with E-state index in [2.05, 4.69) is 19.1 Å². The number of aryl methyl sites for hydroxylation is 1. The number of carboxylic acid groups (broad SMARTS) is 1. The molecule has 1 saturated carbocycles. The Hall–Kier alpha value is -2.24. The van der Waals surface area contributed by atoms with Gasteiger partial charge in [0.05, 0.1) is 0 Å². The molecule has 1 amide bonds. The molecule has 0 radical (unpaired) electrons. The Morgan fingerprint density at radius 1 is 1.06 bits per heavy atom. The summed E-state index contributed by atoms with van der Waals surface area (Å²) in [6.07, 6.45) is 9.07. The fourth-order valence-corrected chi connectivity index (χ4v) is 4.60. The molecule has 0 saturated heterocycles. The van der Waals surface area contributed by atoms with Gasteiger partial charge in [-0.1, -0.05) is 51.2 Å². The highest BCUT2D eigenvalue weighted by Crippen LogP contribution is 2.38. The van der Waals surface area contributed by atoms with Crippen LogP contribution < -0.4 is 4.74 Å². The lowest BCUT2D eigenvalue weighted by Gasteiger charge is -2.38. The van der Waals surface area contributed by atoms with E-state index in [4.69, 9.17) is 9.47 Å². The van der Waals surface area contributed by atoms with Crippen LogP contribution in [0, 0.1) is 0 Å². The minimum atomic E-state index is -1.31. The highest BCUT2D eigenvalue weighted by atomic mass is 16.6. The number of amides is 1. The van der Waals surface area contributed by atoms with Crippen molar-refractivity contribution in [3.8, 4) is 5.75 Å². The van der Waals surface area contributed by atoms with Gasteiger partial charge >= 0.3 is 12.1 Å². The quantitative estimate of drug-likeness (QED) is 0.355. The van der Waals surface area contributed by atoms with Gasteiger partial charge in [0, 0.05) is 13.0 Å². The minimum Gasteiger partial charge on any atom is -0.490 e. The Kier molecular flexibility index (Phi) is 10.1. The molecule has 1 aliphatic rings. The van der Waals surface area contributed by atoms with Gasteiger partial charge in [0.25, 0.3) is 0 Å². The van der Waals surface area contributed by atoms with Gasteiger partial charge in [0.15, 0.2) is 0 Å². The Labute approximate surface area is 199 Å². The van der Waals surface area contributed by atoms with Crippen LogP contribution in [0.15, 0.2) is 24.3 Å². The van der Waals surface area contributed by atoms with Crippen LogP contribution in [0.2, 0.25) is 0 Å². The van der Waals surface area contributed by atoms with Gasteiger partial charge in [-0.05, 0) is 71.1 Å². The Balaban J connectivity index is 1.95. The van der Waals surface area contributed by atoms with Crippen molar-refractivity contribution in [1.82, 2.24) is 4.90 Å². The second kappa shape index (κ2) is 12.3. The smallest absolute Gasteiger partial charge is 0.411 e. The number of ether oxygens (including phenoxy) is 2. The number of likely N-dealkylation sites (N-methyl/N-ethyl adjacent to an activating group) is 1. The van der Waals surface area contributed by atoms with E-state index in [-0.39, 0.29) is 19.1 Å². The first kappa shape index (κ1) is 27.0. The summed E-state index contributed by atoms with van der Waals surface area (Å²) >= 11 is 0. The summed E-state index contributed by atoms with van der Waals surface area (Å²) in [7, 11) is 0. The third-order valence-electron chi connectivity index (χ3n) is 6.34. The number of rotatable bonds is 12. The lowest BCUT2D eigenvalue weighted by molar-refractivity contribution is -0.151. The van der Waals surface area contributed by atoms with Crippen LogP contribution in [0.25, 0.3) is 0 Å². The Bertz CT molecular complexity index is 755. The van der Waals surface area contributed by atoms with Crippen molar-refractivity contribution in [3.63, 3.8) is 0 Å². The number of aliphatic carboxylic acids is 1. The number of carbonyl (C=O) groups excluding carboxylic acids is 1. The predicted octanol–water partition coefficient (Wildman–Crippen LogP) is 6.60. The average molecular weight is 462 g/mol. The molecule has 6 heteroatoms. The van der Waals surface area contributed by atoms with E-state index in [9.17, 15) is 14.7 Å². The third kappa shape index (κ3) is 7.94. The number of benzene rings is 1. The normalized spacial score (nSPS) is 20.5. The molecule has 33 heavy (non-hydrogen) atoms. The van der Waals surface area contributed by atoms with Crippen LogP contribution in [0.4, 0.5) is 4.79 Å². The summed E-state index contributed by atoms with van der Waals surface area (Å²) in [5, 5.41) is 10.1. The van der Waals surface area contributed by atoms with E-state index >= 15 is 0 Å². The average Bonchev–Trinajstić information content (AvgIpc) is 3.16. The first-order valence-corrected chi connectivity index (χ1v) is 12.6. The molecule has 1 aromatic carbocycles. The fraction of sp³-hybridized carbons (Fsp3) is 0.704. The molecule has 1 aliphatic carbocycles. The first-order valence-electron chi connectivity index (χ1n) is 12.6. The van der Waals surface area contributed by atoms with Gasteiger partial charge in [0.2, 0.25) is 0 Å². The second-order valence-electron chi connectivity index (χ2n) is 10.2. The molecule has 0 spiro atoms. The van der Waals surface area contributed by atoms with Gasteiger partial charge in [-0.3, -0.25) is 4.90 Å². The molecule has 186 valence electrons. The molecule has 2 rings (SSSR count). The number of carbonyl (C=O) groups is 2. The Morgan fingerprint density at radius 3 is 2.27 bits per heavy atom. The van der Waals surface area contributed by atoms with Crippen molar-refractivity contribution in [1.29, 1.82) is 0 Å². The van der Waals surface area contributed by atoms with E-state index in [1.807, 2.05) is 12.1 Å². The van der Waals surface area contributed by atoms with Crippen LogP contribution >= 0.6 is 0 Å². The SMILES string of the molecule is CCCCCCCCc1ccc(OC2CCC(C(=O)O)(N(CC)C(=O)OC(C)(C)C)C2)cc1. The van der Waals surface area contributed by atoms with Crippen LogP contribution in [-0.2, 0) is 16.0 Å². The number of hydrogen-bond donors (Lipinski definition) is 1. The molecule has 0 aromatic heterocycles. The second-order valence-corrected chi connectivity index (χ2v) is 10.2. The number of unbranched alkanes of at least 4 members (excludes halogenated alkanes) is 5. The zero-order valence-electron chi connectivity index (χ0n) is 21.2. The van der Waals surface area contributed by atoms with Crippen molar-refractivity contribution in [2.75, 3.05) is 6.54 Å². The number of hydrogen-bond acceptors (Lipinski definition) is 4. The molecule has 1 fully saturated rings. The molecule has 2 atom stereocenters. The van der Waals surface area contributed by atoms with Crippen molar-refractivity contribution >= 4 is 12.1 Å². The zero-order chi connectivity index (χ0) is 24.5. The van der Waals surface area contributed by atoms with Crippen LogP contribution in [0.5, 0.6) is 5.75 Å². The number of carboxylic acids is 1. The fourth-order valence-electron chi connectivity index (χ4n) is 4.60. The maximum absolute atomic E-state index is 12.7. The highest BCUT2D eigenvalue weighted by Gasteiger charge is 2.53. The highest BCUT2D eigenvalue weighted by molar-refractivity contribution is 5.85. The summed E-state index contributed by atoms with van der Waals surface area (Å²) in [4.78, 5) is 26.4. The van der Waals surface area contributed by atoms with Gasteiger partial charge in [-0.2, -0.15) is 0 Å². The Morgan fingerprint density at radius 2 is 1.70 bits per heavy atom. The van der Waals surface area contributed by atoms with E-state index in [1.54, 1.807) is 27.7 Å². The monoisotopic (exact) mass is 461 g/mol. The molecule has 1 aromatic rings. The molecule has 0 heterocycles. The molecule has 0 aliphatic heterocycles. The number of nitrogens with zero attached hydrogens (tertiary/aromatic N) is 1. The van der Waals surface area contributed by atoms with Gasteiger partial charge in [-0.15, -0.1) is 0 Å². The summed E-state index contributed by atoms with van der Waals surface area (Å²) in [6, 6.07) is 8.14.